The molecule has 0 aliphatic carbocycles. The largest absolute Gasteiger partial charge is 0.573 e. The molecule has 0 saturated carbocycles. The number of nitrogens with two attached hydrogens (primary N) is 1. The summed E-state index contributed by atoms with van der Waals surface area (Å²) in [5.74, 6) is -3.83. The Morgan fingerprint density at radius 1 is 1.41 bits per heavy atom. The molecule has 0 bridgehead atoms. The van der Waals surface area contributed by atoms with E-state index in [2.05, 4.69) is 4.74 Å². The lowest BCUT2D eigenvalue weighted by molar-refractivity contribution is -0.275. The molecule has 0 saturated heterocycles. The summed E-state index contributed by atoms with van der Waals surface area (Å²) in [6, 6.07) is 0.671. The Morgan fingerprint density at radius 3 is 2.47 bits per heavy atom. The first-order valence-electron chi connectivity index (χ1n) is 4.24. The number of rotatable bonds is 3. The quantitative estimate of drug-likeness (QED) is 0.806. The van der Waals surface area contributed by atoms with Crippen LogP contribution in [0.2, 0.25) is 0 Å². The lowest BCUT2D eigenvalue weighted by atomic mass is 10.1. The molecule has 1 aromatic carbocycles. The number of ether oxygens (including phenoxy) is 1. The number of carbonyl (C=O) groups is 1. The van der Waals surface area contributed by atoms with Crippen molar-refractivity contribution in [1.29, 1.82) is 0 Å². The minimum absolute atomic E-state index is 0.196. The van der Waals surface area contributed by atoms with Gasteiger partial charge in [-0.05, 0) is 17.7 Å². The molecule has 0 spiro atoms. The predicted octanol–water partition coefficient (Wildman–Crippen LogP) is 1.81. The number of hydrogen-bond donors (Lipinski definition) is 2. The standard InChI is InChI=1S/C9H7F4NO3/c10-5-2-1-4(7(14)8(15)16)3-6(5)17-9(11,12)13/h1-3,7H,14H2,(H,15,16). The highest BCUT2D eigenvalue weighted by Crippen LogP contribution is 2.27. The van der Waals surface area contributed by atoms with E-state index in [1.807, 2.05) is 0 Å². The van der Waals surface area contributed by atoms with Crippen molar-refractivity contribution < 1.29 is 32.2 Å². The van der Waals surface area contributed by atoms with Crippen LogP contribution in [0.3, 0.4) is 0 Å². The molecule has 0 aliphatic heterocycles. The molecule has 0 amide bonds. The second-order valence-electron chi connectivity index (χ2n) is 3.05. The minimum atomic E-state index is -5.06. The van der Waals surface area contributed by atoms with Crippen LogP contribution in [0.15, 0.2) is 18.2 Å². The van der Waals surface area contributed by atoms with Gasteiger partial charge in [0.1, 0.15) is 6.04 Å². The van der Waals surface area contributed by atoms with Crippen LogP contribution in [0, 0.1) is 5.82 Å². The maximum Gasteiger partial charge on any atom is 0.573 e. The minimum Gasteiger partial charge on any atom is -0.480 e. The van der Waals surface area contributed by atoms with Gasteiger partial charge in [-0.15, -0.1) is 13.2 Å². The Morgan fingerprint density at radius 2 is 2.00 bits per heavy atom. The molecule has 1 atom stereocenters. The molecule has 0 aromatic heterocycles. The van der Waals surface area contributed by atoms with E-state index in [1.54, 1.807) is 0 Å². The predicted molar refractivity (Wildman–Crippen MR) is 47.6 cm³/mol. The third-order valence-electron chi connectivity index (χ3n) is 1.81. The number of alkyl halides is 3. The van der Waals surface area contributed by atoms with Crippen molar-refractivity contribution in [3.63, 3.8) is 0 Å². The second kappa shape index (κ2) is 4.58. The van der Waals surface area contributed by atoms with E-state index in [0.29, 0.717) is 12.1 Å². The third-order valence-corrected chi connectivity index (χ3v) is 1.81. The summed E-state index contributed by atoms with van der Waals surface area (Å²) >= 11 is 0. The van der Waals surface area contributed by atoms with E-state index in [0.717, 1.165) is 6.07 Å². The fourth-order valence-corrected chi connectivity index (χ4v) is 1.06. The topological polar surface area (TPSA) is 72.6 Å². The van der Waals surface area contributed by atoms with Gasteiger partial charge in [-0.2, -0.15) is 0 Å². The van der Waals surface area contributed by atoms with E-state index in [9.17, 15) is 22.4 Å². The molecular weight excluding hydrogens is 246 g/mol. The van der Waals surface area contributed by atoms with Gasteiger partial charge in [0.2, 0.25) is 0 Å². The zero-order valence-corrected chi connectivity index (χ0v) is 8.16. The van der Waals surface area contributed by atoms with E-state index in [-0.39, 0.29) is 5.56 Å². The van der Waals surface area contributed by atoms with Crippen molar-refractivity contribution in [1.82, 2.24) is 0 Å². The molecule has 0 radical (unpaired) electrons. The van der Waals surface area contributed by atoms with Gasteiger partial charge in [0.25, 0.3) is 0 Å². The molecule has 94 valence electrons. The lowest BCUT2D eigenvalue weighted by Crippen LogP contribution is -2.22. The van der Waals surface area contributed by atoms with Crippen molar-refractivity contribution in [2.24, 2.45) is 5.73 Å². The van der Waals surface area contributed by atoms with Crippen molar-refractivity contribution >= 4 is 5.97 Å². The van der Waals surface area contributed by atoms with Crippen LogP contribution in [0.4, 0.5) is 17.6 Å². The van der Waals surface area contributed by atoms with Crippen LogP contribution < -0.4 is 10.5 Å². The third kappa shape index (κ3) is 3.59. The van der Waals surface area contributed by atoms with Crippen molar-refractivity contribution in [2.75, 3.05) is 0 Å². The van der Waals surface area contributed by atoms with E-state index >= 15 is 0 Å². The van der Waals surface area contributed by atoms with Gasteiger partial charge in [0.05, 0.1) is 0 Å². The zero-order valence-electron chi connectivity index (χ0n) is 8.16. The molecule has 17 heavy (non-hydrogen) atoms. The summed E-state index contributed by atoms with van der Waals surface area (Å²) in [5.41, 5.74) is 4.97. The highest BCUT2D eigenvalue weighted by molar-refractivity contribution is 5.75. The van der Waals surface area contributed by atoms with Crippen LogP contribution in [-0.2, 0) is 4.79 Å². The number of carboxylic acids is 1. The molecule has 0 heterocycles. The lowest BCUT2D eigenvalue weighted by Gasteiger charge is -2.12. The molecule has 0 aliphatic rings. The van der Waals surface area contributed by atoms with Gasteiger partial charge >= 0.3 is 12.3 Å². The number of aliphatic carboxylic acids is 1. The van der Waals surface area contributed by atoms with Crippen molar-refractivity contribution in [3.05, 3.63) is 29.6 Å². The molecule has 4 nitrogen and oxygen atoms in total. The van der Waals surface area contributed by atoms with Crippen LogP contribution >= 0.6 is 0 Å². The van der Waals surface area contributed by atoms with E-state index in [4.69, 9.17) is 10.8 Å². The summed E-state index contributed by atoms with van der Waals surface area (Å²) in [4.78, 5) is 10.5. The fraction of sp³-hybridized carbons (Fsp3) is 0.222. The summed E-state index contributed by atoms with van der Waals surface area (Å²) in [6.45, 7) is 0. The second-order valence-corrected chi connectivity index (χ2v) is 3.05. The van der Waals surface area contributed by atoms with Gasteiger partial charge in [-0.25, -0.2) is 4.39 Å². The Labute approximate surface area is 92.6 Å². The Balaban J connectivity index is 3.06. The maximum atomic E-state index is 13.0. The molecular formula is C9H7F4NO3. The van der Waals surface area contributed by atoms with Gasteiger partial charge in [0, 0.05) is 0 Å². The molecule has 3 N–H and O–H groups in total. The van der Waals surface area contributed by atoms with E-state index < -0.39 is 29.9 Å². The molecule has 1 aromatic rings. The fourth-order valence-electron chi connectivity index (χ4n) is 1.06. The van der Waals surface area contributed by atoms with Crippen LogP contribution in [0.5, 0.6) is 5.75 Å². The summed E-state index contributed by atoms with van der Waals surface area (Å²) in [6.07, 6.45) is -5.06. The zero-order chi connectivity index (χ0) is 13.2. The first-order valence-corrected chi connectivity index (χ1v) is 4.24. The maximum absolute atomic E-state index is 13.0. The summed E-state index contributed by atoms with van der Waals surface area (Å²) in [5, 5.41) is 8.55. The van der Waals surface area contributed by atoms with Crippen LogP contribution in [-0.4, -0.2) is 17.4 Å². The van der Waals surface area contributed by atoms with Gasteiger partial charge < -0.3 is 15.6 Å². The molecule has 8 heteroatoms. The first-order chi connectivity index (χ1) is 7.70. The van der Waals surface area contributed by atoms with Crippen LogP contribution in [0.1, 0.15) is 11.6 Å². The molecule has 1 unspecified atom stereocenters. The number of hydrogen-bond acceptors (Lipinski definition) is 3. The Bertz CT molecular complexity index is 433. The highest BCUT2D eigenvalue weighted by Gasteiger charge is 2.32. The highest BCUT2D eigenvalue weighted by atomic mass is 19.4. The summed E-state index contributed by atoms with van der Waals surface area (Å²) < 4.78 is 52.0. The molecule has 0 fully saturated rings. The van der Waals surface area contributed by atoms with Gasteiger partial charge in [-0.3, -0.25) is 4.79 Å². The van der Waals surface area contributed by atoms with Gasteiger partial charge in [-0.1, -0.05) is 6.07 Å². The van der Waals surface area contributed by atoms with E-state index in [1.165, 1.54) is 0 Å². The summed E-state index contributed by atoms with van der Waals surface area (Å²) in [7, 11) is 0. The normalized spacial score (nSPS) is 13.2. The smallest absolute Gasteiger partial charge is 0.480 e. The number of halogens is 4. The Kier molecular flexibility index (Phi) is 3.56. The van der Waals surface area contributed by atoms with Crippen molar-refractivity contribution in [2.45, 2.75) is 12.4 Å². The average molecular weight is 253 g/mol. The number of benzene rings is 1. The molecule has 1 rings (SSSR count). The Hall–Kier alpha value is -1.83. The first kappa shape index (κ1) is 13.2. The van der Waals surface area contributed by atoms with Crippen molar-refractivity contribution in [3.8, 4) is 5.75 Å². The number of carboxylic acid groups (broad SMARTS) is 1. The SMILES string of the molecule is NC(C(=O)O)c1ccc(F)c(OC(F)(F)F)c1. The average Bonchev–Trinajstić information content (AvgIpc) is 2.18. The monoisotopic (exact) mass is 253 g/mol. The van der Waals surface area contributed by atoms with Gasteiger partial charge in [0.15, 0.2) is 11.6 Å². The van der Waals surface area contributed by atoms with Crippen LogP contribution in [0.25, 0.3) is 0 Å².